The number of hydrogen-bond acceptors (Lipinski definition) is 6. The first-order valence-corrected chi connectivity index (χ1v) is 11.1. The molecule has 1 aromatic carbocycles. The fourth-order valence-corrected chi connectivity index (χ4v) is 4.67. The number of imidazole rings is 1. The predicted octanol–water partition coefficient (Wildman–Crippen LogP) is 3.16. The Morgan fingerprint density at radius 3 is 2.58 bits per heavy atom. The quantitative estimate of drug-likeness (QED) is 0.627. The first-order chi connectivity index (χ1) is 15.2. The Balaban J connectivity index is 1.64. The molecule has 2 aliphatic heterocycles. The molecule has 0 bridgehead atoms. The van der Waals surface area contributed by atoms with E-state index in [1.807, 2.05) is 6.92 Å². The number of benzene rings is 1. The van der Waals surface area contributed by atoms with Gasteiger partial charge < -0.3 is 14.2 Å². The summed E-state index contributed by atoms with van der Waals surface area (Å²) in [6, 6.07) is 8.56. The molecule has 8 heteroatoms. The van der Waals surface area contributed by atoms with E-state index in [1.54, 1.807) is 0 Å². The molecule has 31 heavy (non-hydrogen) atoms. The summed E-state index contributed by atoms with van der Waals surface area (Å²) in [5.74, 6) is 2.56. The Bertz CT molecular complexity index is 1070. The van der Waals surface area contributed by atoms with Crippen molar-refractivity contribution in [3.8, 4) is 11.4 Å². The third-order valence-electron chi connectivity index (χ3n) is 6.36. The highest BCUT2D eigenvalue weighted by atomic mass is 19.1. The monoisotopic (exact) mass is 424 g/mol. The van der Waals surface area contributed by atoms with E-state index >= 15 is 0 Å². The van der Waals surface area contributed by atoms with Gasteiger partial charge in [-0.05, 0) is 25.8 Å². The Hall–Kier alpha value is -2.58. The summed E-state index contributed by atoms with van der Waals surface area (Å²) in [7, 11) is 0. The molecular weight excluding hydrogens is 395 g/mol. The number of fused-ring (bicyclic) bond motifs is 1. The topological polar surface area (TPSA) is 59.3 Å². The van der Waals surface area contributed by atoms with Gasteiger partial charge in [-0.15, -0.1) is 0 Å². The van der Waals surface area contributed by atoms with E-state index in [9.17, 15) is 4.39 Å². The minimum Gasteiger partial charge on any atom is -0.379 e. The number of piperazine rings is 1. The van der Waals surface area contributed by atoms with Crippen molar-refractivity contribution < 1.29 is 9.13 Å². The molecular formula is C23H29FN6O. The largest absolute Gasteiger partial charge is 0.379 e. The molecule has 0 N–H and O–H groups in total. The standard InChI is InChI=1S/C23H29FN6O/c1-16-5-3-4-6-19(16)21-27-20-22(29-12-10-28(9-8-24)11-13-29)25-17(2)26-23(20)30(21)18-7-14-31-15-18/h3-6,18H,7-15H2,1-2H3/t18-/m0/s1. The van der Waals surface area contributed by atoms with E-state index < -0.39 is 0 Å². The minimum absolute atomic E-state index is 0.211. The van der Waals surface area contributed by atoms with Crippen molar-refractivity contribution in [1.82, 2.24) is 24.4 Å². The molecule has 5 rings (SSSR count). The molecule has 1 atom stereocenters. The molecule has 0 amide bonds. The van der Waals surface area contributed by atoms with Crippen LogP contribution in [0.15, 0.2) is 24.3 Å². The summed E-state index contributed by atoms with van der Waals surface area (Å²) in [5.41, 5.74) is 4.02. The molecule has 3 aromatic rings. The average Bonchev–Trinajstić information content (AvgIpc) is 3.42. The highest BCUT2D eigenvalue weighted by Gasteiger charge is 2.29. The number of anilines is 1. The summed E-state index contributed by atoms with van der Waals surface area (Å²) in [6.07, 6.45) is 0.949. The van der Waals surface area contributed by atoms with Crippen LogP contribution in [0.25, 0.3) is 22.6 Å². The maximum atomic E-state index is 12.7. The highest BCUT2D eigenvalue weighted by Crippen LogP contribution is 2.35. The summed E-state index contributed by atoms with van der Waals surface area (Å²) in [6.45, 7) is 8.96. The molecule has 4 heterocycles. The molecule has 2 aromatic heterocycles. The van der Waals surface area contributed by atoms with Crippen molar-refractivity contribution in [2.75, 3.05) is 57.5 Å². The number of hydrogen-bond donors (Lipinski definition) is 0. The van der Waals surface area contributed by atoms with Crippen LogP contribution in [0.5, 0.6) is 0 Å². The predicted molar refractivity (Wildman–Crippen MR) is 119 cm³/mol. The van der Waals surface area contributed by atoms with E-state index in [2.05, 4.69) is 45.6 Å². The maximum absolute atomic E-state index is 12.7. The molecule has 164 valence electrons. The first-order valence-electron chi connectivity index (χ1n) is 11.1. The van der Waals surface area contributed by atoms with Crippen LogP contribution in [0.3, 0.4) is 0 Å². The van der Waals surface area contributed by atoms with E-state index in [4.69, 9.17) is 19.7 Å². The van der Waals surface area contributed by atoms with Gasteiger partial charge in [-0.25, -0.2) is 19.3 Å². The van der Waals surface area contributed by atoms with Gasteiger partial charge in [-0.3, -0.25) is 4.90 Å². The number of halogens is 1. The fourth-order valence-electron chi connectivity index (χ4n) is 4.67. The highest BCUT2D eigenvalue weighted by molar-refractivity contribution is 5.87. The van der Waals surface area contributed by atoms with Crippen molar-refractivity contribution in [3.63, 3.8) is 0 Å². The number of ether oxygens (including phenoxy) is 1. The number of aryl methyl sites for hydroxylation is 2. The van der Waals surface area contributed by atoms with E-state index in [1.165, 1.54) is 5.56 Å². The van der Waals surface area contributed by atoms with Gasteiger partial charge in [0, 0.05) is 44.9 Å². The van der Waals surface area contributed by atoms with Gasteiger partial charge >= 0.3 is 0 Å². The lowest BCUT2D eigenvalue weighted by atomic mass is 10.1. The fraction of sp³-hybridized carbons (Fsp3) is 0.522. The zero-order valence-corrected chi connectivity index (χ0v) is 18.2. The molecule has 2 aliphatic rings. The minimum atomic E-state index is -0.301. The second kappa shape index (κ2) is 8.51. The Kier molecular flexibility index (Phi) is 5.58. The van der Waals surface area contributed by atoms with Crippen LogP contribution in [-0.2, 0) is 4.74 Å². The molecule has 0 saturated carbocycles. The van der Waals surface area contributed by atoms with Crippen LogP contribution in [0.2, 0.25) is 0 Å². The van der Waals surface area contributed by atoms with Gasteiger partial charge in [0.25, 0.3) is 0 Å². The molecule has 7 nitrogen and oxygen atoms in total. The van der Waals surface area contributed by atoms with Gasteiger partial charge in [-0.1, -0.05) is 24.3 Å². The summed E-state index contributed by atoms with van der Waals surface area (Å²) >= 11 is 0. The van der Waals surface area contributed by atoms with Crippen LogP contribution >= 0.6 is 0 Å². The Morgan fingerprint density at radius 1 is 1.06 bits per heavy atom. The molecule has 0 unspecified atom stereocenters. The number of alkyl halides is 1. The lowest BCUT2D eigenvalue weighted by molar-refractivity contribution is 0.187. The van der Waals surface area contributed by atoms with Crippen LogP contribution < -0.4 is 4.90 Å². The summed E-state index contributed by atoms with van der Waals surface area (Å²) in [4.78, 5) is 19.2. The normalized spacial score (nSPS) is 20.1. The zero-order valence-electron chi connectivity index (χ0n) is 18.2. The van der Waals surface area contributed by atoms with E-state index in [-0.39, 0.29) is 12.7 Å². The number of nitrogens with zero attached hydrogens (tertiary/aromatic N) is 6. The molecule has 2 saturated heterocycles. The van der Waals surface area contributed by atoms with Crippen LogP contribution in [-0.4, -0.2) is 77.0 Å². The van der Waals surface area contributed by atoms with E-state index in [0.29, 0.717) is 13.2 Å². The van der Waals surface area contributed by atoms with Crippen LogP contribution in [0.4, 0.5) is 10.2 Å². The van der Waals surface area contributed by atoms with E-state index in [0.717, 1.165) is 73.4 Å². The SMILES string of the molecule is Cc1nc(N2CCN(CCF)CC2)c2nc(-c3ccccc3C)n([C@H]3CCOC3)c2n1. The van der Waals surface area contributed by atoms with Crippen molar-refractivity contribution >= 4 is 17.0 Å². The van der Waals surface area contributed by atoms with Gasteiger partial charge in [0.2, 0.25) is 0 Å². The summed E-state index contributed by atoms with van der Waals surface area (Å²) < 4.78 is 20.7. The second-order valence-electron chi connectivity index (χ2n) is 8.42. The average molecular weight is 425 g/mol. The second-order valence-corrected chi connectivity index (χ2v) is 8.42. The molecule has 0 radical (unpaired) electrons. The lowest BCUT2D eigenvalue weighted by Gasteiger charge is -2.35. The van der Waals surface area contributed by atoms with Crippen molar-refractivity contribution in [1.29, 1.82) is 0 Å². The smallest absolute Gasteiger partial charge is 0.166 e. The molecule has 0 spiro atoms. The van der Waals surface area contributed by atoms with Crippen molar-refractivity contribution in [3.05, 3.63) is 35.7 Å². The third-order valence-corrected chi connectivity index (χ3v) is 6.36. The van der Waals surface area contributed by atoms with Gasteiger partial charge in [0.1, 0.15) is 18.3 Å². The van der Waals surface area contributed by atoms with Gasteiger partial charge in [-0.2, -0.15) is 0 Å². The van der Waals surface area contributed by atoms with Crippen molar-refractivity contribution in [2.24, 2.45) is 0 Å². The van der Waals surface area contributed by atoms with Gasteiger partial charge in [0.15, 0.2) is 17.0 Å². The van der Waals surface area contributed by atoms with Gasteiger partial charge in [0.05, 0.1) is 12.6 Å². The molecule has 2 fully saturated rings. The maximum Gasteiger partial charge on any atom is 0.166 e. The Morgan fingerprint density at radius 2 is 1.87 bits per heavy atom. The molecule has 0 aliphatic carbocycles. The first kappa shape index (κ1) is 20.3. The number of rotatable bonds is 5. The van der Waals surface area contributed by atoms with Crippen LogP contribution in [0.1, 0.15) is 23.9 Å². The third kappa shape index (κ3) is 3.78. The van der Waals surface area contributed by atoms with Crippen molar-refractivity contribution in [2.45, 2.75) is 26.3 Å². The lowest BCUT2D eigenvalue weighted by Crippen LogP contribution is -2.47. The Labute approximate surface area is 181 Å². The summed E-state index contributed by atoms with van der Waals surface area (Å²) in [5, 5.41) is 0. The number of aromatic nitrogens is 4. The van der Waals surface area contributed by atoms with Crippen LogP contribution in [0, 0.1) is 13.8 Å². The zero-order chi connectivity index (χ0) is 21.4.